The van der Waals surface area contributed by atoms with Crippen molar-refractivity contribution >= 4 is 23.3 Å². The number of esters is 1. The number of ether oxygens (including phenoxy) is 5. The molecule has 2 aromatic rings. The number of anilines is 1. The quantitative estimate of drug-likeness (QED) is 0.599. The zero-order valence-corrected chi connectivity index (χ0v) is 15.5. The minimum absolute atomic E-state index is 0.0725. The van der Waals surface area contributed by atoms with E-state index >= 15 is 0 Å². The van der Waals surface area contributed by atoms with Crippen LogP contribution in [-0.4, -0.2) is 51.2 Å². The predicted molar refractivity (Wildman–Crippen MR) is 99.2 cm³/mol. The van der Waals surface area contributed by atoms with Crippen molar-refractivity contribution in [2.24, 2.45) is 0 Å². The minimum atomic E-state index is -0.705. The molecule has 0 atom stereocenters. The Hall–Kier alpha value is -3.75. The van der Waals surface area contributed by atoms with Gasteiger partial charge in [-0.1, -0.05) is 0 Å². The molecule has 2 aliphatic heterocycles. The lowest BCUT2D eigenvalue weighted by atomic mass is 10.1. The summed E-state index contributed by atoms with van der Waals surface area (Å²) in [6.45, 7) is 0.194. The smallest absolute Gasteiger partial charge is 0.338 e. The second-order valence-electron chi connectivity index (χ2n) is 6.25. The Morgan fingerprint density at radius 2 is 1.86 bits per heavy atom. The fraction of sp³-hybridized carbons (Fsp3) is 0.250. The molecule has 0 bridgehead atoms. The third-order valence-electron chi connectivity index (χ3n) is 4.33. The Labute approximate surface area is 165 Å². The van der Waals surface area contributed by atoms with E-state index in [2.05, 4.69) is 5.32 Å². The van der Waals surface area contributed by atoms with Crippen LogP contribution >= 0.6 is 0 Å². The molecule has 1 N–H and O–H groups in total. The van der Waals surface area contributed by atoms with Gasteiger partial charge in [0.1, 0.15) is 19.0 Å². The van der Waals surface area contributed by atoms with Crippen LogP contribution in [-0.2, 0) is 9.53 Å². The predicted octanol–water partition coefficient (Wildman–Crippen LogP) is 1.84. The number of hydrogen-bond donors (Lipinski definition) is 1. The monoisotopic (exact) mass is 399 g/mol. The minimum Gasteiger partial charge on any atom is -0.493 e. The van der Waals surface area contributed by atoms with Crippen LogP contribution in [0, 0.1) is 0 Å². The van der Waals surface area contributed by atoms with E-state index < -0.39 is 18.4 Å². The number of fused-ring (bicyclic) bond motifs is 2. The van der Waals surface area contributed by atoms with E-state index in [1.54, 1.807) is 12.1 Å². The summed E-state index contributed by atoms with van der Waals surface area (Å²) >= 11 is 0. The molecule has 29 heavy (non-hydrogen) atoms. The molecule has 2 heterocycles. The molecule has 2 aliphatic rings. The van der Waals surface area contributed by atoms with Gasteiger partial charge < -0.3 is 29.0 Å². The summed E-state index contributed by atoms with van der Waals surface area (Å²) in [4.78, 5) is 36.2. The van der Waals surface area contributed by atoms with Crippen LogP contribution < -0.4 is 24.3 Å². The van der Waals surface area contributed by atoms with Crippen molar-refractivity contribution in [1.29, 1.82) is 0 Å². The first-order chi connectivity index (χ1) is 14.0. The first-order valence-corrected chi connectivity index (χ1v) is 8.80. The van der Waals surface area contributed by atoms with E-state index in [9.17, 15) is 14.4 Å². The number of methoxy groups -OCH3 is 1. The van der Waals surface area contributed by atoms with Crippen molar-refractivity contribution in [1.82, 2.24) is 0 Å². The van der Waals surface area contributed by atoms with Crippen molar-refractivity contribution in [2.45, 2.75) is 0 Å². The Bertz CT molecular complexity index is 983. The largest absolute Gasteiger partial charge is 0.493 e. The second kappa shape index (κ2) is 7.70. The molecule has 4 rings (SSSR count). The van der Waals surface area contributed by atoms with Gasteiger partial charge in [0.15, 0.2) is 30.5 Å². The van der Waals surface area contributed by atoms with E-state index in [1.807, 2.05) is 0 Å². The first kappa shape index (κ1) is 18.6. The number of ketones is 1. The molecule has 9 nitrogen and oxygen atoms in total. The SMILES string of the molecule is COc1cc(C(=O)OCC(=O)c2ccc3c(c2)NC(=O)CO3)cc2c1OCCO2. The lowest BCUT2D eigenvalue weighted by molar-refractivity contribution is -0.118. The van der Waals surface area contributed by atoms with Gasteiger partial charge in [-0.2, -0.15) is 0 Å². The molecule has 0 spiro atoms. The van der Waals surface area contributed by atoms with Crippen molar-refractivity contribution in [3.63, 3.8) is 0 Å². The van der Waals surface area contributed by atoms with Crippen LogP contribution in [0.25, 0.3) is 0 Å². The fourth-order valence-corrected chi connectivity index (χ4v) is 2.95. The molecular weight excluding hydrogens is 382 g/mol. The number of nitrogens with one attached hydrogen (secondary N) is 1. The van der Waals surface area contributed by atoms with E-state index in [-0.39, 0.29) is 23.6 Å². The van der Waals surface area contributed by atoms with E-state index in [4.69, 9.17) is 23.7 Å². The van der Waals surface area contributed by atoms with Crippen LogP contribution in [0.4, 0.5) is 5.69 Å². The van der Waals surface area contributed by atoms with Gasteiger partial charge in [0.2, 0.25) is 5.75 Å². The Morgan fingerprint density at radius 1 is 1.03 bits per heavy atom. The summed E-state index contributed by atoms with van der Waals surface area (Å²) in [5.41, 5.74) is 0.849. The Kier molecular flexibility index (Phi) is 4.94. The summed E-state index contributed by atoms with van der Waals surface area (Å²) in [6.07, 6.45) is 0. The highest BCUT2D eigenvalue weighted by Gasteiger charge is 2.23. The molecule has 150 valence electrons. The van der Waals surface area contributed by atoms with E-state index in [0.717, 1.165) is 0 Å². The van der Waals surface area contributed by atoms with Gasteiger partial charge in [0.25, 0.3) is 5.91 Å². The van der Waals surface area contributed by atoms with E-state index in [0.29, 0.717) is 41.9 Å². The number of benzene rings is 2. The zero-order valence-electron chi connectivity index (χ0n) is 15.5. The lowest BCUT2D eigenvalue weighted by Gasteiger charge is -2.21. The van der Waals surface area contributed by atoms with Crippen LogP contribution in [0.3, 0.4) is 0 Å². The lowest BCUT2D eigenvalue weighted by Crippen LogP contribution is -2.25. The third kappa shape index (κ3) is 3.79. The van der Waals surface area contributed by atoms with Crippen molar-refractivity contribution in [3.05, 3.63) is 41.5 Å². The highest BCUT2D eigenvalue weighted by Crippen LogP contribution is 2.40. The Morgan fingerprint density at radius 3 is 2.69 bits per heavy atom. The summed E-state index contributed by atoms with van der Waals surface area (Å²) in [7, 11) is 1.45. The van der Waals surface area contributed by atoms with Gasteiger partial charge in [0, 0.05) is 5.56 Å². The molecule has 1 amide bonds. The van der Waals surface area contributed by atoms with Gasteiger partial charge in [-0.15, -0.1) is 0 Å². The van der Waals surface area contributed by atoms with Gasteiger partial charge in [-0.25, -0.2) is 4.79 Å². The van der Waals surface area contributed by atoms with Crippen molar-refractivity contribution < 1.29 is 38.1 Å². The number of amides is 1. The van der Waals surface area contributed by atoms with Crippen LogP contribution in [0.1, 0.15) is 20.7 Å². The summed E-state index contributed by atoms with van der Waals surface area (Å²) in [5.74, 6) is 0.172. The molecule has 0 aliphatic carbocycles. The topological polar surface area (TPSA) is 109 Å². The maximum atomic E-state index is 12.4. The average molecular weight is 399 g/mol. The Balaban J connectivity index is 1.45. The van der Waals surface area contributed by atoms with Crippen LogP contribution in [0.5, 0.6) is 23.0 Å². The van der Waals surface area contributed by atoms with Crippen LogP contribution in [0.15, 0.2) is 30.3 Å². The van der Waals surface area contributed by atoms with Gasteiger partial charge in [-0.05, 0) is 30.3 Å². The van der Waals surface area contributed by atoms with Gasteiger partial charge >= 0.3 is 5.97 Å². The molecule has 0 unspecified atom stereocenters. The van der Waals surface area contributed by atoms with Gasteiger partial charge in [0.05, 0.1) is 18.4 Å². The molecule has 0 saturated heterocycles. The average Bonchev–Trinajstić information content (AvgIpc) is 2.75. The number of carbonyl (C=O) groups excluding carboxylic acids is 3. The molecular formula is C20H17NO8. The highest BCUT2D eigenvalue weighted by atomic mass is 16.6. The third-order valence-corrected chi connectivity index (χ3v) is 4.33. The van der Waals surface area contributed by atoms with E-state index in [1.165, 1.54) is 25.3 Å². The van der Waals surface area contributed by atoms with Crippen molar-refractivity contribution in [3.8, 4) is 23.0 Å². The highest BCUT2D eigenvalue weighted by molar-refractivity contribution is 6.02. The molecule has 0 radical (unpaired) electrons. The maximum Gasteiger partial charge on any atom is 0.338 e. The normalized spacial score (nSPS) is 14.2. The molecule has 9 heteroatoms. The fourth-order valence-electron chi connectivity index (χ4n) is 2.95. The zero-order chi connectivity index (χ0) is 20.4. The number of Topliss-reactive ketones (excluding diaryl/α,β-unsaturated/α-hetero) is 1. The summed E-state index contributed by atoms with van der Waals surface area (Å²) in [6, 6.07) is 7.55. The van der Waals surface area contributed by atoms with Crippen molar-refractivity contribution in [2.75, 3.05) is 38.9 Å². The second-order valence-corrected chi connectivity index (χ2v) is 6.25. The summed E-state index contributed by atoms with van der Waals surface area (Å²) in [5, 5.41) is 2.62. The standard InChI is InChI=1S/C20H17NO8/c1-25-16-7-12(8-17-19(16)27-5-4-26-17)20(24)29-9-14(22)11-2-3-15-13(6-11)21-18(23)10-28-15/h2-3,6-8H,4-5,9-10H2,1H3,(H,21,23). The first-order valence-electron chi connectivity index (χ1n) is 8.80. The maximum absolute atomic E-state index is 12.4. The molecule has 0 saturated carbocycles. The number of carbonyl (C=O) groups is 3. The summed E-state index contributed by atoms with van der Waals surface area (Å²) < 4.78 is 26.6. The molecule has 2 aromatic carbocycles. The molecule has 0 fully saturated rings. The number of hydrogen-bond acceptors (Lipinski definition) is 8. The van der Waals surface area contributed by atoms with Crippen LogP contribution in [0.2, 0.25) is 0 Å². The molecule has 0 aromatic heterocycles. The number of rotatable bonds is 5. The van der Waals surface area contributed by atoms with Gasteiger partial charge in [-0.3, -0.25) is 9.59 Å².